The van der Waals surface area contributed by atoms with Crippen LogP contribution < -0.4 is 0 Å². The number of carbonyl (C=O) groups is 1. The van der Waals surface area contributed by atoms with Crippen LogP contribution in [0.3, 0.4) is 0 Å². The molecule has 1 N–H and O–H groups in total. The van der Waals surface area contributed by atoms with Gasteiger partial charge in [0.25, 0.3) is 5.91 Å². The summed E-state index contributed by atoms with van der Waals surface area (Å²) < 4.78 is 0. The fraction of sp³-hybridized carbons (Fsp3) is 0.667. The monoisotopic (exact) mass is 249 g/mol. The highest BCUT2D eigenvalue weighted by atomic mass is 16.2. The predicted molar refractivity (Wildman–Crippen MR) is 66.9 cm³/mol. The Hall–Kier alpha value is -1.90. The van der Waals surface area contributed by atoms with Gasteiger partial charge in [-0.1, -0.05) is 20.8 Å². The van der Waals surface area contributed by atoms with Crippen molar-refractivity contribution in [2.24, 2.45) is 0 Å². The number of aromatic nitrogens is 3. The number of nitrogens with one attached hydrogen (secondary N) is 1. The van der Waals surface area contributed by atoms with E-state index in [1.165, 1.54) is 0 Å². The number of nitrogens with zero attached hydrogens (tertiary/aromatic N) is 4. The summed E-state index contributed by atoms with van der Waals surface area (Å²) in [5, 5.41) is 15.3. The minimum atomic E-state index is -0.237. The maximum absolute atomic E-state index is 12.1. The smallest absolute Gasteiger partial charge is 0.293 e. The molecule has 1 aromatic rings. The van der Waals surface area contributed by atoms with E-state index in [9.17, 15) is 4.79 Å². The van der Waals surface area contributed by atoms with Crippen LogP contribution in [0.2, 0.25) is 0 Å². The Labute approximate surface area is 107 Å². The van der Waals surface area contributed by atoms with Crippen LogP contribution in [0.25, 0.3) is 0 Å². The lowest BCUT2D eigenvalue weighted by Gasteiger charge is -2.17. The maximum Gasteiger partial charge on any atom is 0.293 e. The maximum atomic E-state index is 12.1. The minimum absolute atomic E-state index is 0.166. The Kier molecular flexibility index (Phi) is 4.43. The molecule has 0 unspecified atom stereocenters. The van der Waals surface area contributed by atoms with Crippen LogP contribution in [-0.4, -0.2) is 39.1 Å². The van der Waals surface area contributed by atoms with Crippen LogP contribution in [-0.2, 0) is 5.41 Å². The Balaban J connectivity index is 2.83. The first-order valence-corrected chi connectivity index (χ1v) is 5.99. The first-order valence-electron chi connectivity index (χ1n) is 5.99. The van der Waals surface area contributed by atoms with E-state index in [1.54, 1.807) is 4.90 Å². The van der Waals surface area contributed by atoms with Crippen LogP contribution in [0.1, 0.15) is 50.6 Å². The summed E-state index contributed by atoms with van der Waals surface area (Å²) in [6, 6.07) is 2.03. The standard InChI is InChI=1S/C12H19N5O/c1-5-17(8-6-7-13)10(18)9-14-11(16-15-9)12(2,3)4/h5-6,8H2,1-4H3,(H,14,15,16). The molecule has 0 aromatic carbocycles. The van der Waals surface area contributed by atoms with Crippen molar-refractivity contribution < 1.29 is 4.79 Å². The van der Waals surface area contributed by atoms with Gasteiger partial charge in [0.15, 0.2) is 0 Å². The fourth-order valence-corrected chi connectivity index (χ4v) is 1.42. The van der Waals surface area contributed by atoms with Gasteiger partial charge in [0.1, 0.15) is 5.82 Å². The summed E-state index contributed by atoms with van der Waals surface area (Å²) >= 11 is 0. The van der Waals surface area contributed by atoms with Gasteiger partial charge < -0.3 is 4.90 Å². The molecule has 1 aromatic heterocycles. The lowest BCUT2D eigenvalue weighted by atomic mass is 9.96. The second kappa shape index (κ2) is 5.63. The third kappa shape index (κ3) is 3.29. The molecule has 1 amide bonds. The van der Waals surface area contributed by atoms with Gasteiger partial charge in [0.05, 0.1) is 12.5 Å². The number of nitriles is 1. The van der Waals surface area contributed by atoms with E-state index < -0.39 is 0 Å². The quantitative estimate of drug-likeness (QED) is 0.875. The summed E-state index contributed by atoms with van der Waals surface area (Å²) in [5.74, 6) is 0.612. The van der Waals surface area contributed by atoms with Crippen LogP contribution in [0.15, 0.2) is 0 Å². The number of hydrogen-bond donors (Lipinski definition) is 1. The van der Waals surface area contributed by atoms with Gasteiger partial charge in [0.2, 0.25) is 5.82 Å². The van der Waals surface area contributed by atoms with Crippen molar-refractivity contribution in [1.82, 2.24) is 20.1 Å². The molecular formula is C12H19N5O. The van der Waals surface area contributed by atoms with E-state index in [-0.39, 0.29) is 17.1 Å². The van der Waals surface area contributed by atoms with E-state index in [2.05, 4.69) is 15.2 Å². The zero-order valence-electron chi connectivity index (χ0n) is 11.3. The Bertz CT molecular complexity index is 452. The molecule has 0 aliphatic heterocycles. The molecule has 98 valence electrons. The van der Waals surface area contributed by atoms with Crippen molar-refractivity contribution in [2.75, 3.05) is 13.1 Å². The van der Waals surface area contributed by atoms with Gasteiger partial charge in [-0.2, -0.15) is 5.26 Å². The molecule has 6 heteroatoms. The van der Waals surface area contributed by atoms with Gasteiger partial charge in [-0.25, -0.2) is 4.98 Å². The highest BCUT2D eigenvalue weighted by Gasteiger charge is 2.23. The van der Waals surface area contributed by atoms with Gasteiger partial charge in [0, 0.05) is 18.5 Å². The number of H-pyrrole nitrogens is 1. The molecule has 0 radical (unpaired) electrons. The molecule has 6 nitrogen and oxygen atoms in total. The number of rotatable bonds is 4. The molecule has 0 saturated heterocycles. The molecule has 1 rings (SSSR count). The summed E-state index contributed by atoms with van der Waals surface area (Å²) in [6.45, 7) is 8.80. The highest BCUT2D eigenvalue weighted by Crippen LogP contribution is 2.17. The topological polar surface area (TPSA) is 85.7 Å². The summed E-state index contributed by atoms with van der Waals surface area (Å²) in [4.78, 5) is 17.9. The van der Waals surface area contributed by atoms with Crippen molar-refractivity contribution in [3.8, 4) is 6.07 Å². The van der Waals surface area contributed by atoms with Gasteiger partial charge in [-0.15, -0.1) is 5.10 Å². The van der Waals surface area contributed by atoms with E-state index in [1.807, 2.05) is 33.8 Å². The van der Waals surface area contributed by atoms with Crippen LogP contribution in [0.5, 0.6) is 0 Å². The Morgan fingerprint density at radius 1 is 1.50 bits per heavy atom. The van der Waals surface area contributed by atoms with Crippen molar-refractivity contribution in [2.45, 2.75) is 39.5 Å². The van der Waals surface area contributed by atoms with Crippen LogP contribution in [0, 0.1) is 11.3 Å². The molecule has 0 fully saturated rings. The molecule has 0 saturated carbocycles. The average Bonchev–Trinajstić information content (AvgIpc) is 2.78. The zero-order chi connectivity index (χ0) is 13.8. The molecule has 0 aliphatic rings. The number of carbonyl (C=O) groups excluding carboxylic acids is 1. The molecule has 0 aliphatic carbocycles. The normalized spacial score (nSPS) is 11.1. The number of amides is 1. The third-order valence-electron chi connectivity index (χ3n) is 2.55. The second-order valence-electron chi connectivity index (χ2n) is 5.05. The molecule has 1 heterocycles. The van der Waals surface area contributed by atoms with Crippen molar-refractivity contribution in [3.63, 3.8) is 0 Å². The summed E-state index contributed by atoms with van der Waals surface area (Å²) in [5.41, 5.74) is -0.171. The zero-order valence-corrected chi connectivity index (χ0v) is 11.3. The third-order valence-corrected chi connectivity index (χ3v) is 2.55. The first-order chi connectivity index (χ1) is 8.40. The summed E-state index contributed by atoms with van der Waals surface area (Å²) in [7, 11) is 0. The highest BCUT2D eigenvalue weighted by molar-refractivity contribution is 5.90. The SMILES string of the molecule is CCN(CCC#N)C(=O)c1n[nH]c(C(C)(C)C)n1. The number of hydrogen-bond acceptors (Lipinski definition) is 4. The van der Waals surface area contributed by atoms with Gasteiger partial charge in [-0.05, 0) is 6.92 Å². The minimum Gasteiger partial charge on any atom is -0.335 e. The average molecular weight is 249 g/mol. The van der Waals surface area contributed by atoms with Gasteiger partial charge >= 0.3 is 0 Å². The van der Waals surface area contributed by atoms with E-state index in [4.69, 9.17) is 5.26 Å². The van der Waals surface area contributed by atoms with Crippen molar-refractivity contribution in [3.05, 3.63) is 11.6 Å². The Morgan fingerprint density at radius 3 is 2.61 bits per heavy atom. The number of aromatic amines is 1. The molecule has 0 bridgehead atoms. The van der Waals surface area contributed by atoms with Crippen LogP contribution >= 0.6 is 0 Å². The van der Waals surface area contributed by atoms with Crippen molar-refractivity contribution >= 4 is 5.91 Å². The molecule has 0 atom stereocenters. The first kappa shape index (κ1) is 14.2. The van der Waals surface area contributed by atoms with Crippen molar-refractivity contribution in [1.29, 1.82) is 5.26 Å². The predicted octanol–water partition coefficient (Wildman–Crippen LogP) is 1.48. The fourth-order valence-electron chi connectivity index (χ4n) is 1.42. The van der Waals surface area contributed by atoms with E-state index in [0.29, 0.717) is 25.3 Å². The molecule has 0 spiro atoms. The molecule has 18 heavy (non-hydrogen) atoms. The van der Waals surface area contributed by atoms with E-state index >= 15 is 0 Å². The Morgan fingerprint density at radius 2 is 2.17 bits per heavy atom. The lowest BCUT2D eigenvalue weighted by Crippen LogP contribution is -2.32. The van der Waals surface area contributed by atoms with Crippen LogP contribution in [0.4, 0.5) is 0 Å². The largest absolute Gasteiger partial charge is 0.335 e. The van der Waals surface area contributed by atoms with E-state index in [0.717, 1.165) is 0 Å². The summed E-state index contributed by atoms with van der Waals surface area (Å²) in [6.07, 6.45) is 0.316. The molecular weight excluding hydrogens is 230 g/mol. The second-order valence-corrected chi connectivity index (χ2v) is 5.05. The lowest BCUT2D eigenvalue weighted by molar-refractivity contribution is 0.0756. The van der Waals surface area contributed by atoms with Gasteiger partial charge in [-0.3, -0.25) is 9.89 Å².